The first-order valence-electron chi connectivity index (χ1n) is 8.74. The fraction of sp³-hybridized carbons (Fsp3) is 0.0476. The lowest BCUT2D eigenvalue weighted by molar-refractivity contribution is -0.127. The van der Waals surface area contributed by atoms with E-state index < -0.39 is 29.2 Å². The number of fused-ring (bicyclic) bond motifs is 1. The summed E-state index contributed by atoms with van der Waals surface area (Å²) in [7, 11) is 0. The maximum Gasteiger partial charge on any atom is 0.343 e. The molecule has 1 aliphatic heterocycles. The second-order valence-corrected chi connectivity index (χ2v) is 7.78. The van der Waals surface area contributed by atoms with Gasteiger partial charge >= 0.3 is 5.63 Å². The van der Waals surface area contributed by atoms with Crippen LogP contribution < -0.4 is 10.9 Å². The highest BCUT2D eigenvalue weighted by Crippen LogP contribution is 2.32. The molecule has 2 heterocycles. The van der Waals surface area contributed by atoms with Crippen molar-refractivity contribution in [2.75, 3.05) is 11.9 Å². The molecule has 2 aromatic carbocycles. The van der Waals surface area contributed by atoms with Gasteiger partial charge in [0, 0.05) is 16.1 Å². The van der Waals surface area contributed by atoms with Crippen LogP contribution in [0.1, 0.15) is 5.56 Å². The quantitative estimate of drug-likeness (QED) is 0.484. The van der Waals surface area contributed by atoms with Gasteiger partial charge in [-0.15, -0.1) is 0 Å². The number of nitrogens with one attached hydrogen (secondary N) is 1. The first-order chi connectivity index (χ1) is 14.4. The fourth-order valence-corrected chi connectivity index (χ4v) is 3.79. The van der Waals surface area contributed by atoms with Gasteiger partial charge in [-0.2, -0.15) is 0 Å². The van der Waals surface area contributed by atoms with Crippen LogP contribution in [0.2, 0.25) is 5.02 Å². The first kappa shape index (κ1) is 19.9. The van der Waals surface area contributed by atoms with Gasteiger partial charge in [0.15, 0.2) is 0 Å². The zero-order valence-electron chi connectivity index (χ0n) is 15.3. The predicted molar refractivity (Wildman–Crippen MR) is 115 cm³/mol. The van der Waals surface area contributed by atoms with E-state index in [1.165, 1.54) is 6.08 Å². The highest BCUT2D eigenvalue weighted by Gasteiger charge is 2.36. The monoisotopic (exact) mass is 440 g/mol. The van der Waals surface area contributed by atoms with Crippen LogP contribution in [0.15, 0.2) is 68.7 Å². The molecule has 0 aliphatic carbocycles. The number of benzene rings is 2. The summed E-state index contributed by atoms with van der Waals surface area (Å²) < 4.78 is 5.24. The number of rotatable bonds is 4. The Morgan fingerprint density at radius 2 is 1.83 bits per heavy atom. The summed E-state index contributed by atoms with van der Waals surface area (Å²) in [6, 6.07) is 15.0. The molecule has 1 N–H and O–H groups in total. The number of carbonyl (C=O) groups excluding carboxylic acids is 3. The molecule has 9 heteroatoms. The summed E-state index contributed by atoms with van der Waals surface area (Å²) >= 11 is 6.46. The third kappa shape index (κ3) is 4.14. The van der Waals surface area contributed by atoms with Crippen LogP contribution in [0.4, 0.5) is 10.5 Å². The van der Waals surface area contributed by atoms with E-state index in [1.807, 2.05) is 0 Å². The molecule has 0 saturated carbocycles. The van der Waals surface area contributed by atoms with Crippen molar-refractivity contribution in [3.63, 3.8) is 0 Å². The Kier molecular flexibility index (Phi) is 5.43. The van der Waals surface area contributed by atoms with E-state index in [9.17, 15) is 19.2 Å². The molecule has 1 saturated heterocycles. The molecule has 0 atom stereocenters. The molecule has 0 radical (unpaired) electrons. The van der Waals surface area contributed by atoms with Crippen molar-refractivity contribution in [1.82, 2.24) is 4.90 Å². The number of amides is 3. The molecule has 0 spiro atoms. The molecule has 1 aliphatic rings. The summed E-state index contributed by atoms with van der Waals surface area (Å²) in [6.07, 6.45) is 1.31. The third-order valence-electron chi connectivity index (χ3n) is 4.26. The molecule has 30 heavy (non-hydrogen) atoms. The van der Waals surface area contributed by atoms with E-state index in [0.29, 0.717) is 33.4 Å². The molecular weight excluding hydrogens is 428 g/mol. The molecule has 4 rings (SSSR count). The molecule has 3 aromatic rings. The van der Waals surface area contributed by atoms with Gasteiger partial charge in [0.2, 0.25) is 5.91 Å². The normalized spacial score (nSPS) is 15.2. The van der Waals surface area contributed by atoms with Gasteiger partial charge in [-0.25, -0.2) is 4.79 Å². The fourth-order valence-electron chi connectivity index (χ4n) is 2.83. The smallest absolute Gasteiger partial charge is 0.343 e. The zero-order chi connectivity index (χ0) is 21.3. The molecule has 1 fully saturated rings. The van der Waals surface area contributed by atoms with Gasteiger partial charge in [-0.1, -0.05) is 29.8 Å². The van der Waals surface area contributed by atoms with Crippen molar-refractivity contribution in [2.45, 2.75) is 0 Å². The van der Waals surface area contributed by atoms with Crippen LogP contribution in [-0.2, 0) is 9.59 Å². The Bertz CT molecular complexity index is 1270. The predicted octanol–water partition coefficient (Wildman–Crippen LogP) is 4.12. The minimum absolute atomic E-state index is 0.0434. The number of imide groups is 1. The van der Waals surface area contributed by atoms with Gasteiger partial charge in [0.05, 0.1) is 10.5 Å². The number of hydrogen-bond acceptors (Lipinski definition) is 6. The largest absolute Gasteiger partial charge is 0.422 e. The molecule has 3 amide bonds. The van der Waals surface area contributed by atoms with E-state index in [2.05, 4.69) is 5.32 Å². The Morgan fingerprint density at radius 1 is 1.10 bits per heavy atom. The summed E-state index contributed by atoms with van der Waals surface area (Å²) in [6.45, 7) is -0.447. The number of halogens is 1. The van der Waals surface area contributed by atoms with Gasteiger partial charge in [0.25, 0.3) is 11.1 Å². The molecule has 1 aromatic heterocycles. The standard InChI is InChI=1S/C21H13ClN2O5S/c22-14-5-7-15(8-6-14)23-18(25)11-24-19(26)17(30-21(24)28)10-13-9-12-3-1-2-4-16(12)29-20(13)27/h1-10H,11H2,(H,23,25)/b17-10+. The molecule has 0 unspecified atom stereocenters. The minimum Gasteiger partial charge on any atom is -0.422 e. The van der Waals surface area contributed by atoms with Crippen LogP contribution in [0.3, 0.4) is 0 Å². The average Bonchev–Trinajstić information content (AvgIpc) is 2.97. The summed E-state index contributed by atoms with van der Waals surface area (Å²) in [5.41, 5.74) is 0.429. The van der Waals surface area contributed by atoms with Crippen LogP contribution in [0, 0.1) is 0 Å². The SMILES string of the molecule is O=C(CN1C(=O)S/C(=C/c2cc3ccccc3oc2=O)C1=O)Nc1ccc(Cl)cc1. The Labute approximate surface area is 179 Å². The highest BCUT2D eigenvalue weighted by atomic mass is 35.5. The first-order valence-corrected chi connectivity index (χ1v) is 9.94. The van der Waals surface area contributed by atoms with Crippen LogP contribution in [0.25, 0.3) is 17.0 Å². The molecule has 150 valence electrons. The van der Waals surface area contributed by atoms with Crippen molar-refractivity contribution < 1.29 is 18.8 Å². The Morgan fingerprint density at radius 3 is 2.60 bits per heavy atom. The number of carbonyl (C=O) groups is 3. The van der Waals surface area contributed by atoms with Crippen molar-refractivity contribution in [3.8, 4) is 0 Å². The van der Waals surface area contributed by atoms with Crippen molar-refractivity contribution in [3.05, 3.63) is 80.5 Å². The topological polar surface area (TPSA) is 96.7 Å². The van der Waals surface area contributed by atoms with Crippen molar-refractivity contribution >= 4 is 63.1 Å². The number of anilines is 1. The van der Waals surface area contributed by atoms with E-state index in [1.54, 1.807) is 54.6 Å². The third-order valence-corrected chi connectivity index (χ3v) is 5.42. The molecule has 0 bridgehead atoms. The Balaban J connectivity index is 1.52. The lowest BCUT2D eigenvalue weighted by Crippen LogP contribution is -2.36. The van der Waals surface area contributed by atoms with E-state index in [-0.39, 0.29) is 10.5 Å². The summed E-state index contributed by atoms with van der Waals surface area (Å²) in [5.74, 6) is -1.19. The summed E-state index contributed by atoms with van der Waals surface area (Å²) in [5, 5.41) is 3.20. The Hall–Kier alpha value is -3.36. The molecular formula is C21H13ClN2O5S. The lowest BCUT2D eigenvalue weighted by Gasteiger charge is -2.12. The van der Waals surface area contributed by atoms with Crippen LogP contribution >= 0.6 is 23.4 Å². The van der Waals surface area contributed by atoms with Crippen molar-refractivity contribution in [2.24, 2.45) is 0 Å². The minimum atomic E-state index is -0.649. The van der Waals surface area contributed by atoms with Gasteiger partial charge in [0.1, 0.15) is 12.1 Å². The van der Waals surface area contributed by atoms with Crippen molar-refractivity contribution in [1.29, 1.82) is 0 Å². The van der Waals surface area contributed by atoms with E-state index in [4.69, 9.17) is 16.0 Å². The second kappa shape index (κ2) is 8.17. The average molecular weight is 441 g/mol. The number of nitrogens with zero attached hydrogens (tertiary/aromatic N) is 1. The lowest BCUT2D eigenvalue weighted by atomic mass is 10.2. The highest BCUT2D eigenvalue weighted by molar-refractivity contribution is 8.18. The van der Waals surface area contributed by atoms with E-state index >= 15 is 0 Å². The van der Waals surface area contributed by atoms with Gasteiger partial charge < -0.3 is 9.73 Å². The second-order valence-electron chi connectivity index (χ2n) is 6.35. The van der Waals surface area contributed by atoms with Gasteiger partial charge in [-0.3, -0.25) is 19.3 Å². The maximum atomic E-state index is 12.6. The summed E-state index contributed by atoms with van der Waals surface area (Å²) in [4.78, 5) is 50.1. The zero-order valence-corrected chi connectivity index (χ0v) is 16.8. The molecule has 7 nitrogen and oxygen atoms in total. The number of para-hydroxylation sites is 1. The number of hydrogen-bond donors (Lipinski definition) is 1. The maximum absolute atomic E-state index is 12.6. The van der Waals surface area contributed by atoms with Gasteiger partial charge in [-0.05, 0) is 54.2 Å². The van der Waals surface area contributed by atoms with E-state index in [0.717, 1.165) is 4.90 Å². The van der Waals surface area contributed by atoms with Crippen LogP contribution in [0.5, 0.6) is 0 Å². The number of thioether (sulfide) groups is 1. The van der Waals surface area contributed by atoms with Crippen LogP contribution in [-0.4, -0.2) is 28.5 Å².